The third-order valence-corrected chi connectivity index (χ3v) is 3.21. The van der Waals surface area contributed by atoms with E-state index in [0.29, 0.717) is 23.7 Å². The van der Waals surface area contributed by atoms with Crippen LogP contribution in [0.2, 0.25) is 0 Å². The van der Waals surface area contributed by atoms with Crippen molar-refractivity contribution in [2.45, 2.75) is 13.3 Å². The summed E-state index contributed by atoms with van der Waals surface area (Å²) in [6, 6.07) is 11.9. The third-order valence-electron chi connectivity index (χ3n) is 3.21. The van der Waals surface area contributed by atoms with Crippen LogP contribution in [0.1, 0.15) is 18.1 Å². The van der Waals surface area contributed by atoms with Gasteiger partial charge in [-0.25, -0.2) is 5.43 Å². The summed E-state index contributed by atoms with van der Waals surface area (Å²) in [5, 5.41) is 13.2. The molecule has 0 aliphatic rings. The van der Waals surface area contributed by atoms with Gasteiger partial charge in [0, 0.05) is 5.56 Å². The highest BCUT2D eigenvalue weighted by atomic mass is 16.5. The molecule has 0 heterocycles. The lowest BCUT2D eigenvalue weighted by molar-refractivity contribution is -0.120. The summed E-state index contributed by atoms with van der Waals surface area (Å²) in [6.45, 7) is 2.42. The molecule has 0 spiro atoms. The lowest BCUT2D eigenvalue weighted by atomic mass is 10.1. The maximum Gasteiger partial charge on any atom is 0.244 e. The fraction of sp³-hybridized carbons (Fsp3) is 0.222. The van der Waals surface area contributed by atoms with Crippen molar-refractivity contribution in [3.8, 4) is 17.2 Å². The van der Waals surface area contributed by atoms with Crippen molar-refractivity contribution in [1.29, 1.82) is 0 Å². The molecule has 6 heteroatoms. The van der Waals surface area contributed by atoms with Crippen molar-refractivity contribution in [2.24, 2.45) is 5.10 Å². The molecule has 6 nitrogen and oxygen atoms in total. The molecule has 2 rings (SSSR count). The average molecular weight is 328 g/mol. The summed E-state index contributed by atoms with van der Waals surface area (Å²) in [5.74, 6) is 1.10. The Balaban J connectivity index is 1.99. The number of carbonyl (C=O) groups is 1. The van der Waals surface area contributed by atoms with Crippen molar-refractivity contribution in [1.82, 2.24) is 5.43 Å². The van der Waals surface area contributed by atoms with Gasteiger partial charge in [-0.2, -0.15) is 5.10 Å². The number of ether oxygens (including phenoxy) is 2. The molecule has 0 saturated carbocycles. The highest BCUT2D eigenvalue weighted by Crippen LogP contribution is 2.29. The zero-order valence-electron chi connectivity index (χ0n) is 13.7. The van der Waals surface area contributed by atoms with Crippen LogP contribution < -0.4 is 14.9 Å². The molecule has 0 bridgehead atoms. The lowest BCUT2D eigenvalue weighted by Gasteiger charge is -2.11. The van der Waals surface area contributed by atoms with E-state index in [2.05, 4.69) is 10.5 Å². The Labute approximate surface area is 140 Å². The number of rotatable bonds is 7. The van der Waals surface area contributed by atoms with Gasteiger partial charge in [-0.15, -0.1) is 0 Å². The van der Waals surface area contributed by atoms with Gasteiger partial charge in [0.05, 0.1) is 26.4 Å². The molecule has 0 aromatic heterocycles. The molecule has 126 valence electrons. The molecule has 0 aliphatic carbocycles. The molecule has 0 saturated heterocycles. The van der Waals surface area contributed by atoms with Crippen LogP contribution in [0.3, 0.4) is 0 Å². The minimum atomic E-state index is -0.253. The number of nitrogens with zero attached hydrogens (tertiary/aromatic N) is 1. The number of hydrogen-bond donors (Lipinski definition) is 2. The van der Waals surface area contributed by atoms with E-state index in [9.17, 15) is 9.90 Å². The monoisotopic (exact) mass is 328 g/mol. The minimum Gasteiger partial charge on any atom is -0.508 e. The van der Waals surface area contributed by atoms with Crippen molar-refractivity contribution in [3.63, 3.8) is 0 Å². The topological polar surface area (TPSA) is 80.2 Å². The van der Waals surface area contributed by atoms with Crippen molar-refractivity contribution < 1.29 is 19.4 Å². The largest absolute Gasteiger partial charge is 0.508 e. The number of para-hydroxylation sites is 1. The summed E-state index contributed by atoms with van der Waals surface area (Å²) < 4.78 is 10.8. The van der Waals surface area contributed by atoms with Crippen molar-refractivity contribution in [3.05, 3.63) is 53.6 Å². The first kappa shape index (κ1) is 17.3. The Morgan fingerprint density at radius 2 is 2.00 bits per heavy atom. The molecule has 2 N–H and O–H groups in total. The molecule has 0 radical (unpaired) electrons. The Morgan fingerprint density at radius 3 is 2.67 bits per heavy atom. The van der Waals surface area contributed by atoms with E-state index in [1.165, 1.54) is 18.3 Å². The second-order valence-electron chi connectivity index (χ2n) is 4.95. The number of hydrogen-bond acceptors (Lipinski definition) is 5. The zero-order valence-corrected chi connectivity index (χ0v) is 13.7. The van der Waals surface area contributed by atoms with E-state index < -0.39 is 0 Å². The first-order chi connectivity index (χ1) is 11.6. The van der Waals surface area contributed by atoms with E-state index in [1.54, 1.807) is 19.2 Å². The van der Waals surface area contributed by atoms with Gasteiger partial charge in [0.2, 0.25) is 5.91 Å². The molecule has 0 atom stereocenters. The predicted octanol–water partition coefficient (Wildman–Crippen LogP) is 2.49. The molecule has 0 aliphatic heterocycles. The van der Waals surface area contributed by atoms with Gasteiger partial charge in [0.25, 0.3) is 0 Å². The van der Waals surface area contributed by atoms with Crippen molar-refractivity contribution >= 4 is 12.1 Å². The predicted molar refractivity (Wildman–Crippen MR) is 91.7 cm³/mol. The molecular weight excluding hydrogens is 308 g/mol. The Morgan fingerprint density at radius 1 is 1.25 bits per heavy atom. The van der Waals surface area contributed by atoms with E-state index >= 15 is 0 Å². The summed E-state index contributed by atoms with van der Waals surface area (Å²) >= 11 is 0. The van der Waals surface area contributed by atoms with E-state index in [1.807, 2.05) is 25.1 Å². The van der Waals surface area contributed by atoms with Gasteiger partial charge >= 0.3 is 0 Å². The van der Waals surface area contributed by atoms with Crippen LogP contribution in [0.5, 0.6) is 17.2 Å². The van der Waals surface area contributed by atoms with Crippen LogP contribution in [0.15, 0.2) is 47.6 Å². The Hall–Kier alpha value is -3.02. The summed E-state index contributed by atoms with van der Waals surface area (Å²) in [5.41, 5.74) is 3.96. The standard InChI is InChI=1S/C18H20N2O4/c1-3-24-16-6-4-5-14(18(16)23-2)12-19-20-17(22)11-13-7-9-15(21)10-8-13/h4-10,12,21H,3,11H2,1-2H3,(H,20,22)/b19-12-. The first-order valence-electron chi connectivity index (χ1n) is 7.53. The summed E-state index contributed by atoms with van der Waals surface area (Å²) in [4.78, 5) is 11.9. The number of methoxy groups -OCH3 is 1. The van der Waals surface area contributed by atoms with Gasteiger partial charge in [0.15, 0.2) is 11.5 Å². The molecule has 2 aromatic carbocycles. The number of hydrazone groups is 1. The fourth-order valence-corrected chi connectivity index (χ4v) is 2.13. The fourth-order valence-electron chi connectivity index (χ4n) is 2.13. The second kappa shape index (κ2) is 8.57. The van der Waals surface area contributed by atoms with Gasteiger partial charge in [-0.1, -0.05) is 18.2 Å². The minimum absolute atomic E-state index is 0.165. The lowest BCUT2D eigenvalue weighted by Crippen LogP contribution is -2.19. The van der Waals surface area contributed by atoms with Crippen LogP contribution in [-0.2, 0) is 11.2 Å². The average Bonchev–Trinajstić information content (AvgIpc) is 2.57. The van der Waals surface area contributed by atoms with Gasteiger partial charge in [-0.3, -0.25) is 4.79 Å². The number of benzene rings is 2. The van der Waals surface area contributed by atoms with Gasteiger partial charge in [-0.05, 0) is 36.8 Å². The van der Waals surface area contributed by atoms with Gasteiger partial charge < -0.3 is 14.6 Å². The number of phenols is 1. The van der Waals surface area contributed by atoms with Crippen LogP contribution >= 0.6 is 0 Å². The number of phenolic OH excluding ortho intramolecular Hbond substituents is 1. The second-order valence-corrected chi connectivity index (χ2v) is 4.95. The summed E-state index contributed by atoms with van der Waals surface area (Å²) in [7, 11) is 1.55. The van der Waals surface area contributed by atoms with Crippen LogP contribution in [0.4, 0.5) is 0 Å². The molecule has 0 fully saturated rings. The van der Waals surface area contributed by atoms with E-state index in [0.717, 1.165) is 5.56 Å². The first-order valence-corrected chi connectivity index (χ1v) is 7.53. The smallest absolute Gasteiger partial charge is 0.244 e. The SMILES string of the molecule is CCOc1cccc(/C=N\NC(=O)Cc2ccc(O)cc2)c1OC. The highest BCUT2D eigenvalue weighted by Gasteiger charge is 2.08. The maximum atomic E-state index is 11.9. The summed E-state index contributed by atoms with van der Waals surface area (Å²) in [6.07, 6.45) is 1.68. The number of aromatic hydroxyl groups is 1. The highest BCUT2D eigenvalue weighted by molar-refractivity contribution is 5.86. The van der Waals surface area contributed by atoms with Crippen LogP contribution in [0, 0.1) is 0 Å². The van der Waals surface area contributed by atoms with Gasteiger partial charge in [0.1, 0.15) is 5.75 Å². The Bertz CT molecular complexity index is 711. The molecule has 24 heavy (non-hydrogen) atoms. The molecular formula is C18H20N2O4. The molecule has 0 unspecified atom stereocenters. The van der Waals surface area contributed by atoms with Crippen LogP contribution in [0.25, 0.3) is 0 Å². The van der Waals surface area contributed by atoms with Crippen molar-refractivity contribution in [2.75, 3.05) is 13.7 Å². The number of amides is 1. The Kier molecular flexibility index (Phi) is 6.19. The normalized spacial score (nSPS) is 10.6. The zero-order chi connectivity index (χ0) is 17.4. The number of nitrogens with one attached hydrogen (secondary N) is 1. The molecule has 2 aromatic rings. The quantitative estimate of drug-likeness (QED) is 0.604. The van der Waals surface area contributed by atoms with Crippen LogP contribution in [-0.4, -0.2) is 30.9 Å². The molecule has 1 amide bonds. The number of carbonyl (C=O) groups excluding carboxylic acids is 1. The third kappa shape index (κ3) is 4.74. The maximum absolute atomic E-state index is 11.9. The van der Waals surface area contributed by atoms with E-state index in [-0.39, 0.29) is 18.1 Å². The van der Waals surface area contributed by atoms with E-state index in [4.69, 9.17) is 9.47 Å².